The van der Waals surface area contributed by atoms with E-state index in [2.05, 4.69) is 29.3 Å². The summed E-state index contributed by atoms with van der Waals surface area (Å²) in [5.41, 5.74) is 14.9. The number of rotatable bonds is 6. The van der Waals surface area contributed by atoms with Crippen LogP contribution in [-0.4, -0.2) is 38.0 Å². The summed E-state index contributed by atoms with van der Waals surface area (Å²) < 4.78 is 22.4. The maximum absolute atomic E-state index is 11.9. The third-order valence-electron chi connectivity index (χ3n) is 1.06. The fourth-order valence-electron chi connectivity index (χ4n) is 0.496. The molecule has 10 nitrogen and oxygen atoms in total. The van der Waals surface area contributed by atoms with E-state index >= 15 is 0 Å². The lowest BCUT2D eigenvalue weighted by molar-refractivity contribution is 0.578. The van der Waals surface area contributed by atoms with Crippen LogP contribution in [0, 0.1) is 0 Å². The lowest BCUT2D eigenvalue weighted by atomic mass is 11.2. The highest BCUT2D eigenvalue weighted by atomic mass is 31.2. The van der Waals surface area contributed by atoms with E-state index in [4.69, 9.17) is 17.2 Å². The van der Waals surface area contributed by atoms with Crippen molar-refractivity contribution in [2.75, 3.05) is 0 Å². The molecule has 0 saturated heterocycles. The molecule has 0 aromatic heterocycles. The van der Waals surface area contributed by atoms with Gasteiger partial charge in [-0.15, -0.1) is 0 Å². The molecular weight excluding hydrogens is 245 g/mol. The van der Waals surface area contributed by atoms with Crippen LogP contribution in [0.4, 0.5) is 0 Å². The molecule has 0 aromatic carbocycles. The molecule has 0 aliphatic carbocycles. The third kappa shape index (κ3) is 7.56. The summed E-state index contributed by atoms with van der Waals surface area (Å²) >= 11 is 0. The number of nitrogens with two attached hydrogens (primary N) is 3. The monoisotopic (exact) mass is 257 g/mol. The van der Waals surface area contributed by atoms with Crippen molar-refractivity contribution in [3.63, 3.8) is 0 Å². The second-order valence-corrected chi connectivity index (χ2v) is 3.82. The SMILES string of the molecule is NC=NC=NP(=O)(N=CN=CN)N=CN=CN. The van der Waals surface area contributed by atoms with E-state index in [9.17, 15) is 4.57 Å². The van der Waals surface area contributed by atoms with Crippen LogP contribution >= 0.6 is 7.59 Å². The van der Waals surface area contributed by atoms with Gasteiger partial charge in [0.25, 0.3) is 0 Å². The molecule has 0 unspecified atom stereocenters. The fraction of sp³-hybridized carbons (Fsp3) is 0. The van der Waals surface area contributed by atoms with Crippen molar-refractivity contribution in [3.8, 4) is 0 Å². The largest absolute Gasteiger partial charge is 0.419 e. The van der Waals surface area contributed by atoms with Gasteiger partial charge in [-0.3, -0.25) is 0 Å². The molecule has 0 heterocycles. The molecule has 0 saturated carbocycles. The minimum absolute atomic E-state index is 0.952. The van der Waals surface area contributed by atoms with Gasteiger partial charge in [0.1, 0.15) is 19.0 Å². The Labute approximate surface area is 97.4 Å². The highest BCUT2D eigenvalue weighted by Crippen LogP contribution is 2.49. The Morgan fingerprint density at radius 1 is 0.706 bits per heavy atom. The van der Waals surface area contributed by atoms with Gasteiger partial charge in [-0.25, -0.2) is 19.5 Å². The van der Waals surface area contributed by atoms with E-state index in [0.29, 0.717) is 0 Å². The van der Waals surface area contributed by atoms with Crippen molar-refractivity contribution < 1.29 is 4.57 Å². The van der Waals surface area contributed by atoms with Crippen molar-refractivity contribution in [1.29, 1.82) is 0 Å². The van der Waals surface area contributed by atoms with E-state index in [1.165, 1.54) is 0 Å². The fourth-order valence-corrected chi connectivity index (χ4v) is 1.26. The average molecular weight is 257 g/mol. The predicted octanol–water partition coefficient (Wildman–Crippen LogP) is -0.860. The first-order valence-corrected chi connectivity index (χ1v) is 5.67. The Bertz CT molecular complexity index is 359. The van der Waals surface area contributed by atoms with Gasteiger partial charge < -0.3 is 17.2 Å². The summed E-state index contributed by atoms with van der Waals surface area (Å²) in [6.45, 7) is 0. The number of nitrogens with zero attached hydrogens (tertiary/aromatic N) is 6. The van der Waals surface area contributed by atoms with Crippen molar-refractivity contribution in [1.82, 2.24) is 0 Å². The van der Waals surface area contributed by atoms with Crippen molar-refractivity contribution >= 4 is 45.6 Å². The minimum Gasteiger partial charge on any atom is -0.390 e. The Kier molecular flexibility index (Phi) is 7.69. The summed E-state index contributed by atoms with van der Waals surface area (Å²) in [6, 6.07) is 0. The lowest BCUT2D eigenvalue weighted by Crippen LogP contribution is -1.89. The molecule has 92 valence electrons. The molecule has 0 aliphatic rings. The van der Waals surface area contributed by atoms with Crippen LogP contribution in [0.1, 0.15) is 0 Å². The number of hydrogen-bond acceptors (Lipinski definition) is 1. The van der Waals surface area contributed by atoms with Gasteiger partial charge in [0.2, 0.25) is 0 Å². The minimum atomic E-state index is -3.61. The van der Waals surface area contributed by atoms with Crippen LogP contribution in [0.3, 0.4) is 0 Å². The Morgan fingerprint density at radius 2 is 1.00 bits per heavy atom. The molecular formula is C6H12N9OP. The maximum Gasteiger partial charge on any atom is 0.419 e. The molecule has 17 heavy (non-hydrogen) atoms. The Balaban J connectivity index is 4.99. The quantitative estimate of drug-likeness (QED) is 0.319. The second kappa shape index (κ2) is 8.92. The third-order valence-corrected chi connectivity index (χ3v) is 2.28. The molecule has 0 amide bonds. The molecule has 0 rings (SSSR count). The zero-order valence-corrected chi connectivity index (χ0v) is 9.63. The van der Waals surface area contributed by atoms with Crippen LogP contribution in [0.5, 0.6) is 0 Å². The first kappa shape index (κ1) is 14.6. The van der Waals surface area contributed by atoms with E-state index in [-0.39, 0.29) is 0 Å². The molecule has 0 bridgehead atoms. The predicted molar refractivity (Wildman–Crippen MR) is 71.1 cm³/mol. The molecule has 0 atom stereocenters. The molecule has 0 fully saturated rings. The Hall–Kier alpha value is -2.35. The van der Waals surface area contributed by atoms with Crippen LogP contribution in [0.25, 0.3) is 0 Å². The van der Waals surface area contributed by atoms with Gasteiger partial charge in [0, 0.05) is 0 Å². The maximum atomic E-state index is 11.9. The normalized spacial score (nSPS) is 17.4. The second-order valence-electron chi connectivity index (χ2n) is 2.10. The summed E-state index contributed by atoms with van der Waals surface area (Å²) in [6.07, 6.45) is 5.77. The van der Waals surface area contributed by atoms with E-state index in [1.807, 2.05) is 0 Å². The first-order chi connectivity index (χ1) is 8.18. The lowest BCUT2D eigenvalue weighted by Gasteiger charge is -1.97. The van der Waals surface area contributed by atoms with Gasteiger partial charge >= 0.3 is 7.59 Å². The highest BCUT2D eigenvalue weighted by Gasteiger charge is 2.14. The molecule has 6 N–H and O–H groups in total. The smallest absolute Gasteiger partial charge is 0.390 e. The zero-order chi connectivity index (χ0) is 13.0. The highest BCUT2D eigenvalue weighted by molar-refractivity contribution is 7.60. The van der Waals surface area contributed by atoms with E-state index in [0.717, 1.165) is 38.0 Å². The number of hydrogen-bond donors (Lipinski definition) is 3. The molecule has 0 aliphatic heterocycles. The van der Waals surface area contributed by atoms with E-state index < -0.39 is 7.59 Å². The molecule has 0 spiro atoms. The van der Waals surface area contributed by atoms with Gasteiger partial charge in [-0.2, -0.15) is 14.3 Å². The van der Waals surface area contributed by atoms with Crippen molar-refractivity contribution in [2.45, 2.75) is 0 Å². The zero-order valence-electron chi connectivity index (χ0n) is 8.73. The van der Waals surface area contributed by atoms with Crippen molar-refractivity contribution in [2.24, 2.45) is 46.5 Å². The Morgan fingerprint density at radius 3 is 1.24 bits per heavy atom. The average Bonchev–Trinajstić information content (AvgIpc) is 2.30. The van der Waals surface area contributed by atoms with Crippen molar-refractivity contribution in [3.05, 3.63) is 0 Å². The summed E-state index contributed by atoms with van der Waals surface area (Å²) in [5, 5.41) is 0. The van der Waals surface area contributed by atoms with Crippen LogP contribution in [0.2, 0.25) is 0 Å². The molecule has 0 aromatic rings. The number of aliphatic imine (C=N–C) groups is 3. The van der Waals surface area contributed by atoms with Gasteiger partial charge in [-0.05, 0) is 0 Å². The topological polar surface area (TPSA) is 169 Å². The van der Waals surface area contributed by atoms with Crippen LogP contribution < -0.4 is 17.2 Å². The van der Waals surface area contributed by atoms with Crippen LogP contribution in [-0.2, 0) is 4.57 Å². The molecule has 0 radical (unpaired) electrons. The molecule has 11 heteroatoms. The summed E-state index contributed by atoms with van der Waals surface area (Å²) in [4.78, 5) is 10.3. The summed E-state index contributed by atoms with van der Waals surface area (Å²) in [5.74, 6) is 0. The first-order valence-electron chi connectivity index (χ1n) is 4.11. The standard InChI is InChI=1S/C6H12N9OP/c7-1-10-4-13-17(16,14-5-11-2-8)15-6-12-3-9/h1-6H,(H6,7,8,9,10,11,12,13,14,15,16). The van der Waals surface area contributed by atoms with Gasteiger partial charge in [0.05, 0.1) is 19.0 Å². The van der Waals surface area contributed by atoms with Crippen LogP contribution in [0.15, 0.2) is 29.3 Å². The van der Waals surface area contributed by atoms with Gasteiger partial charge in [-0.1, -0.05) is 0 Å². The van der Waals surface area contributed by atoms with E-state index in [1.54, 1.807) is 0 Å². The van der Waals surface area contributed by atoms with Gasteiger partial charge in [0.15, 0.2) is 0 Å². The summed E-state index contributed by atoms with van der Waals surface area (Å²) in [7, 11) is -3.61.